The Kier molecular flexibility index (Phi) is 3.79. The summed E-state index contributed by atoms with van der Waals surface area (Å²) < 4.78 is 15.6. The molecule has 102 valence electrons. The Hall–Kier alpha value is -3.43. The van der Waals surface area contributed by atoms with E-state index in [1.807, 2.05) is 12.1 Å². The van der Waals surface area contributed by atoms with Crippen LogP contribution in [0.3, 0.4) is 0 Å². The first kappa shape index (κ1) is 14.0. The van der Waals surface area contributed by atoms with E-state index in [0.29, 0.717) is 17.1 Å². The van der Waals surface area contributed by atoms with Crippen molar-refractivity contribution >= 4 is 0 Å². The fourth-order valence-corrected chi connectivity index (χ4v) is 1.90. The zero-order chi connectivity index (χ0) is 15.4. The third-order valence-corrected chi connectivity index (χ3v) is 2.88. The Morgan fingerprint density at radius 3 is 2.10 bits per heavy atom. The van der Waals surface area contributed by atoms with E-state index in [-0.39, 0.29) is 22.6 Å². The van der Waals surface area contributed by atoms with Crippen LogP contribution in [0.1, 0.15) is 16.9 Å². The molecule has 0 bridgehead atoms. The summed E-state index contributed by atoms with van der Waals surface area (Å²) in [6.45, 7) is 0. The lowest BCUT2D eigenvalue weighted by atomic mass is 10.1. The van der Waals surface area contributed by atoms with Gasteiger partial charge in [0.15, 0.2) is 17.3 Å². The van der Waals surface area contributed by atoms with Crippen molar-refractivity contribution in [2.75, 3.05) is 14.2 Å². The molecule has 0 aliphatic carbocycles. The van der Waals surface area contributed by atoms with Crippen molar-refractivity contribution < 1.29 is 13.9 Å². The molecule has 2 aromatic rings. The lowest BCUT2D eigenvalue weighted by molar-refractivity contribution is 0.355. The number of nitrogens with zero attached hydrogens (tertiary/aromatic N) is 3. The third-order valence-electron chi connectivity index (χ3n) is 2.88. The van der Waals surface area contributed by atoms with E-state index in [2.05, 4.69) is 0 Å². The maximum atomic E-state index is 9.20. The highest BCUT2D eigenvalue weighted by molar-refractivity contribution is 5.73. The molecule has 0 unspecified atom stereocenters. The average molecular weight is 279 g/mol. The van der Waals surface area contributed by atoms with Gasteiger partial charge < -0.3 is 13.9 Å². The van der Waals surface area contributed by atoms with Crippen LogP contribution in [0.2, 0.25) is 0 Å². The van der Waals surface area contributed by atoms with Crippen molar-refractivity contribution in [3.05, 3.63) is 35.1 Å². The van der Waals surface area contributed by atoms with E-state index in [9.17, 15) is 5.26 Å². The molecular weight excluding hydrogens is 270 g/mol. The molecular formula is C15H9N3O3. The van der Waals surface area contributed by atoms with E-state index in [1.54, 1.807) is 24.3 Å². The second-order valence-electron chi connectivity index (χ2n) is 3.92. The predicted molar refractivity (Wildman–Crippen MR) is 71.4 cm³/mol. The largest absolute Gasteiger partial charge is 0.493 e. The van der Waals surface area contributed by atoms with E-state index in [4.69, 9.17) is 24.4 Å². The molecule has 2 rings (SSSR count). The molecule has 0 N–H and O–H groups in total. The van der Waals surface area contributed by atoms with E-state index in [0.717, 1.165) is 0 Å². The van der Waals surface area contributed by atoms with Crippen LogP contribution in [0.4, 0.5) is 0 Å². The minimum Gasteiger partial charge on any atom is -0.493 e. The molecule has 0 aliphatic rings. The zero-order valence-electron chi connectivity index (χ0n) is 11.3. The van der Waals surface area contributed by atoms with Gasteiger partial charge in [0.25, 0.3) is 0 Å². The number of methoxy groups -OCH3 is 2. The van der Waals surface area contributed by atoms with Gasteiger partial charge >= 0.3 is 0 Å². The fourth-order valence-electron chi connectivity index (χ4n) is 1.90. The Bertz CT molecular complexity index is 816. The molecule has 0 amide bonds. The lowest BCUT2D eigenvalue weighted by Gasteiger charge is -2.08. The summed E-state index contributed by atoms with van der Waals surface area (Å²) in [5.74, 6) is 0.949. The minimum atomic E-state index is -0.182. The SMILES string of the molecule is COc1ccc(-c2oc(C#N)c(C#N)c2C#N)cc1OC. The first-order valence-corrected chi connectivity index (χ1v) is 5.79. The van der Waals surface area contributed by atoms with E-state index >= 15 is 0 Å². The van der Waals surface area contributed by atoms with E-state index < -0.39 is 0 Å². The van der Waals surface area contributed by atoms with Crippen LogP contribution in [0, 0.1) is 34.0 Å². The quantitative estimate of drug-likeness (QED) is 0.855. The van der Waals surface area contributed by atoms with Gasteiger partial charge in [-0.25, -0.2) is 0 Å². The van der Waals surface area contributed by atoms with Crippen molar-refractivity contribution in [3.63, 3.8) is 0 Å². The topological polar surface area (TPSA) is 103 Å². The van der Waals surface area contributed by atoms with Gasteiger partial charge in [0, 0.05) is 5.56 Å². The van der Waals surface area contributed by atoms with Gasteiger partial charge in [-0.2, -0.15) is 15.8 Å². The second-order valence-corrected chi connectivity index (χ2v) is 3.92. The molecule has 0 radical (unpaired) electrons. The maximum Gasteiger partial charge on any atom is 0.223 e. The molecule has 0 aliphatic heterocycles. The number of ether oxygens (including phenoxy) is 2. The third kappa shape index (κ3) is 2.25. The summed E-state index contributed by atoms with van der Waals surface area (Å²) in [5.41, 5.74) is 0.480. The molecule has 0 fully saturated rings. The van der Waals surface area contributed by atoms with Crippen molar-refractivity contribution in [2.45, 2.75) is 0 Å². The van der Waals surface area contributed by atoms with Crippen LogP contribution in [0.25, 0.3) is 11.3 Å². The van der Waals surface area contributed by atoms with E-state index in [1.165, 1.54) is 14.2 Å². The standard InChI is InChI=1S/C15H9N3O3/c1-19-12-4-3-9(5-13(12)20-2)15-11(7-17)10(6-16)14(8-18)21-15/h3-5H,1-2H3. The number of benzene rings is 1. The van der Waals surface area contributed by atoms with Crippen LogP contribution in [0.5, 0.6) is 11.5 Å². The second kappa shape index (κ2) is 5.69. The summed E-state index contributed by atoms with van der Waals surface area (Å²) in [5, 5.41) is 27.2. The number of hydrogen-bond donors (Lipinski definition) is 0. The summed E-state index contributed by atoms with van der Waals surface area (Å²) in [7, 11) is 2.99. The lowest BCUT2D eigenvalue weighted by Crippen LogP contribution is -1.91. The normalized spacial score (nSPS) is 9.29. The Balaban J connectivity index is 2.69. The number of furan rings is 1. The van der Waals surface area contributed by atoms with Crippen LogP contribution in [-0.2, 0) is 0 Å². The van der Waals surface area contributed by atoms with Crippen molar-refractivity contribution in [3.8, 4) is 41.0 Å². The van der Waals surface area contributed by atoms with Crippen LogP contribution >= 0.6 is 0 Å². The number of nitriles is 3. The number of hydrogen-bond acceptors (Lipinski definition) is 6. The monoisotopic (exact) mass is 279 g/mol. The molecule has 1 heterocycles. The minimum absolute atomic E-state index is 0.0290. The van der Waals surface area contributed by atoms with Gasteiger partial charge in [-0.3, -0.25) is 0 Å². The van der Waals surface area contributed by atoms with Crippen molar-refractivity contribution in [2.24, 2.45) is 0 Å². The highest BCUT2D eigenvalue weighted by atomic mass is 16.5. The van der Waals surface area contributed by atoms with Gasteiger partial charge in [-0.15, -0.1) is 0 Å². The Labute approximate surface area is 121 Å². The highest BCUT2D eigenvalue weighted by Crippen LogP contribution is 2.36. The Morgan fingerprint density at radius 1 is 0.905 bits per heavy atom. The molecule has 0 saturated carbocycles. The van der Waals surface area contributed by atoms with Gasteiger partial charge in [0.1, 0.15) is 29.3 Å². The molecule has 21 heavy (non-hydrogen) atoms. The number of rotatable bonds is 3. The zero-order valence-corrected chi connectivity index (χ0v) is 11.3. The smallest absolute Gasteiger partial charge is 0.223 e. The van der Waals surface area contributed by atoms with Gasteiger partial charge in [0.2, 0.25) is 5.76 Å². The van der Waals surface area contributed by atoms with Crippen molar-refractivity contribution in [1.29, 1.82) is 15.8 Å². The summed E-state index contributed by atoms with van der Waals surface area (Å²) in [6.07, 6.45) is 0. The summed E-state index contributed by atoms with van der Waals surface area (Å²) in [4.78, 5) is 0. The molecule has 1 aromatic heterocycles. The summed E-state index contributed by atoms with van der Waals surface area (Å²) >= 11 is 0. The molecule has 6 nitrogen and oxygen atoms in total. The highest BCUT2D eigenvalue weighted by Gasteiger charge is 2.22. The molecule has 1 aromatic carbocycles. The Morgan fingerprint density at radius 2 is 1.57 bits per heavy atom. The van der Waals surface area contributed by atoms with Crippen molar-refractivity contribution in [1.82, 2.24) is 0 Å². The van der Waals surface area contributed by atoms with Crippen LogP contribution in [0.15, 0.2) is 22.6 Å². The molecule has 6 heteroatoms. The van der Waals surface area contributed by atoms with Gasteiger partial charge in [0.05, 0.1) is 14.2 Å². The maximum absolute atomic E-state index is 9.20. The average Bonchev–Trinajstić information content (AvgIpc) is 2.91. The first-order valence-electron chi connectivity index (χ1n) is 5.79. The van der Waals surface area contributed by atoms with Crippen LogP contribution < -0.4 is 9.47 Å². The summed E-state index contributed by atoms with van der Waals surface area (Å²) in [6, 6.07) is 10.4. The first-order chi connectivity index (χ1) is 10.2. The molecule has 0 saturated heterocycles. The van der Waals surface area contributed by atoms with Gasteiger partial charge in [-0.1, -0.05) is 0 Å². The fraction of sp³-hybridized carbons (Fsp3) is 0.133. The predicted octanol–water partition coefficient (Wildman–Crippen LogP) is 2.58. The molecule has 0 spiro atoms. The van der Waals surface area contributed by atoms with Crippen LogP contribution in [-0.4, -0.2) is 14.2 Å². The van der Waals surface area contributed by atoms with Gasteiger partial charge in [-0.05, 0) is 18.2 Å². The molecule has 0 atom stereocenters.